The van der Waals surface area contributed by atoms with Crippen LogP contribution in [0.3, 0.4) is 0 Å². The average Bonchev–Trinajstić information content (AvgIpc) is 3.06. The van der Waals surface area contributed by atoms with E-state index in [2.05, 4.69) is 20.3 Å². The van der Waals surface area contributed by atoms with Crippen LogP contribution in [0.5, 0.6) is 5.75 Å². The van der Waals surface area contributed by atoms with Crippen molar-refractivity contribution >= 4 is 40.9 Å². The molecule has 1 aromatic heterocycles. The van der Waals surface area contributed by atoms with Crippen LogP contribution in [0, 0.1) is 5.82 Å². The Balaban J connectivity index is 0.00000256. The van der Waals surface area contributed by atoms with Crippen LogP contribution >= 0.6 is 24.2 Å². The number of carbonyl (C=O) groups excluding carboxylic acids is 1. The first-order chi connectivity index (χ1) is 13.9. The lowest BCUT2D eigenvalue weighted by Crippen LogP contribution is -2.52. The highest BCUT2D eigenvalue weighted by molar-refractivity contribution is 8.13. The van der Waals surface area contributed by atoms with Gasteiger partial charge in [0.05, 0.1) is 32.7 Å². The monoisotopic (exact) mass is 457 g/mol. The molecular weight excluding hydrogens is 440 g/mol. The summed E-state index contributed by atoms with van der Waals surface area (Å²) in [5, 5.41) is 2.74. The highest BCUT2D eigenvalue weighted by Crippen LogP contribution is 2.50. The van der Waals surface area contributed by atoms with Crippen LogP contribution in [0.15, 0.2) is 35.6 Å². The number of fused-ring (bicyclic) bond motifs is 1. The van der Waals surface area contributed by atoms with Crippen molar-refractivity contribution in [2.45, 2.75) is 11.2 Å². The lowest BCUT2D eigenvalue weighted by Gasteiger charge is -2.38. The second kappa shape index (κ2) is 8.32. The molecule has 1 fully saturated rings. The first kappa shape index (κ1) is 22.2. The fraction of sp³-hybridized carbons (Fsp3) is 0.333. The molecule has 2 aliphatic rings. The molecule has 0 unspecified atom stereocenters. The van der Waals surface area contributed by atoms with Gasteiger partial charge in [0.25, 0.3) is 5.91 Å². The van der Waals surface area contributed by atoms with Crippen LogP contribution in [0.4, 0.5) is 14.5 Å². The number of aliphatic imine (C=N–C) groups is 1. The minimum atomic E-state index is -1.91. The van der Waals surface area contributed by atoms with E-state index in [4.69, 9.17) is 15.2 Å². The lowest BCUT2D eigenvalue weighted by molar-refractivity contribution is 0.101. The maximum absolute atomic E-state index is 15.6. The highest BCUT2D eigenvalue weighted by Gasteiger charge is 2.61. The molecule has 0 saturated carbocycles. The first-order valence-corrected chi connectivity index (χ1v) is 9.58. The highest BCUT2D eigenvalue weighted by atomic mass is 35.5. The largest absolute Gasteiger partial charge is 0.494 e. The Morgan fingerprint density at radius 1 is 1.33 bits per heavy atom. The van der Waals surface area contributed by atoms with Crippen LogP contribution in [0.1, 0.15) is 16.2 Å². The molecule has 30 heavy (non-hydrogen) atoms. The van der Waals surface area contributed by atoms with Gasteiger partial charge in [0, 0.05) is 17.0 Å². The number of ether oxygens (including phenoxy) is 2. The number of hydrogen-bond acceptors (Lipinski definition) is 8. The summed E-state index contributed by atoms with van der Waals surface area (Å²) in [5.74, 6) is -0.984. The van der Waals surface area contributed by atoms with E-state index in [1.165, 1.54) is 31.6 Å². The number of nitrogens with zero attached hydrogens (tertiary/aromatic N) is 3. The van der Waals surface area contributed by atoms with Crippen molar-refractivity contribution in [3.05, 3.63) is 47.8 Å². The Morgan fingerprint density at radius 2 is 2.07 bits per heavy atom. The van der Waals surface area contributed by atoms with Gasteiger partial charge in [-0.2, -0.15) is 0 Å². The number of thioether (sulfide) groups is 1. The molecule has 12 heteroatoms. The maximum Gasteiger partial charge on any atom is 0.293 e. The van der Waals surface area contributed by atoms with Gasteiger partial charge in [-0.05, 0) is 18.2 Å². The maximum atomic E-state index is 15.6. The molecule has 160 valence electrons. The molecule has 1 saturated heterocycles. The molecule has 2 atom stereocenters. The molecule has 8 nitrogen and oxygen atoms in total. The summed E-state index contributed by atoms with van der Waals surface area (Å²) in [5.41, 5.74) is 2.50. The average molecular weight is 458 g/mol. The summed E-state index contributed by atoms with van der Waals surface area (Å²) < 4.78 is 40.6. The van der Waals surface area contributed by atoms with Gasteiger partial charge in [-0.1, -0.05) is 11.8 Å². The van der Waals surface area contributed by atoms with Crippen LogP contribution in [0.25, 0.3) is 0 Å². The third-order valence-electron chi connectivity index (χ3n) is 4.87. The molecule has 2 aliphatic heterocycles. The number of methoxy groups -OCH3 is 1. The van der Waals surface area contributed by atoms with E-state index in [0.29, 0.717) is 5.75 Å². The Morgan fingerprint density at radius 3 is 2.77 bits per heavy atom. The van der Waals surface area contributed by atoms with Gasteiger partial charge in [0.15, 0.2) is 22.1 Å². The van der Waals surface area contributed by atoms with Crippen molar-refractivity contribution in [1.82, 2.24) is 9.97 Å². The molecular formula is C18H18ClF2N5O3S. The molecule has 0 bridgehead atoms. The fourth-order valence-electron chi connectivity index (χ4n) is 3.34. The number of amides is 1. The second-order valence-corrected chi connectivity index (χ2v) is 7.65. The number of aromatic nitrogens is 2. The predicted molar refractivity (Wildman–Crippen MR) is 111 cm³/mol. The number of benzene rings is 1. The quantitative estimate of drug-likeness (QED) is 0.724. The van der Waals surface area contributed by atoms with Gasteiger partial charge in [-0.15, -0.1) is 12.4 Å². The number of rotatable bonds is 4. The van der Waals surface area contributed by atoms with Crippen molar-refractivity contribution < 1.29 is 23.0 Å². The standard InChI is InChI=1S/C18H17F2N5O3S.ClH/c1-27-11-5-22-14(23-6-11)15(26)24-10-2-3-13(19)12(4-10)18-8-28-7-17(18,20)9-29-16(21)25-18;/h2-6H,7-9H2,1H3,(H2,21,25)(H,24,26);1H/t17-,18-;/m1./s1. The van der Waals surface area contributed by atoms with Gasteiger partial charge in [-0.3, -0.25) is 4.79 Å². The number of halogens is 3. The lowest BCUT2D eigenvalue weighted by atomic mass is 9.79. The number of anilines is 1. The molecule has 3 heterocycles. The normalized spacial score (nSPS) is 25.0. The summed E-state index contributed by atoms with van der Waals surface area (Å²) in [6.07, 6.45) is 2.70. The van der Waals surface area contributed by atoms with Crippen molar-refractivity contribution in [3.63, 3.8) is 0 Å². The van der Waals surface area contributed by atoms with E-state index in [-0.39, 0.29) is 53.6 Å². The second-order valence-electron chi connectivity index (χ2n) is 6.65. The number of alkyl halides is 1. The topological polar surface area (TPSA) is 112 Å². The van der Waals surface area contributed by atoms with Gasteiger partial charge in [0.1, 0.15) is 5.82 Å². The van der Waals surface area contributed by atoms with E-state index < -0.39 is 22.9 Å². The fourth-order valence-corrected chi connectivity index (χ4v) is 4.26. The first-order valence-electron chi connectivity index (χ1n) is 8.59. The zero-order chi connectivity index (χ0) is 20.6. The van der Waals surface area contributed by atoms with E-state index in [0.717, 1.165) is 17.8 Å². The SMILES string of the molecule is COc1cnc(C(=O)Nc2ccc(F)c([C@]34COC[C@@]3(F)CSC(N)=N4)c2)nc1.Cl. The summed E-state index contributed by atoms with van der Waals surface area (Å²) in [6.45, 7) is -0.368. The van der Waals surface area contributed by atoms with Crippen molar-refractivity contribution in [3.8, 4) is 5.75 Å². The van der Waals surface area contributed by atoms with E-state index >= 15 is 4.39 Å². The third kappa shape index (κ3) is 3.68. The van der Waals surface area contributed by atoms with Crippen molar-refractivity contribution in [2.75, 3.05) is 31.4 Å². The zero-order valence-electron chi connectivity index (χ0n) is 15.7. The van der Waals surface area contributed by atoms with E-state index in [9.17, 15) is 9.18 Å². The summed E-state index contributed by atoms with van der Waals surface area (Å²) in [6, 6.07) is 3.84. The number of nitrogens with one attached hydrogen (secondary N) is 1. The number of carbonyl (C=O) groups is 1. The Bertz CT molecular complexity index is 996. The summed E-state index contributed by atoms with van der Waals surface area (Å²) in [4.78, 5) is 24.5. The zero-order valence-corrected chi connectivity index (χ0v) is 17.4. The van der Waals surface area contributed by atoms with Gasteiger partial charge in [0.2, 0.25) is 5.82 Å². The van der Waals surface area contributed by atoms with Crippen LogP contribution in [0.2, 0.25) is 0 Å². The number of amidine groups is 1. The molecule has 4 rings (SSSR count). The van der Waals surface area contributed by atoms with Crippen molar-refractivity contribution in [1.29, 1.82) is 0 Å². The molecule has 0 spiro atoms. The minimum Gasteiger partial charge on any atom is -0.494 e. The molecule has 0 aliphatic carbocycles. The smallest absolute Gasteiger partial charge is 0.293 e. The molecule has 3 N–H and O–H groups in total. The van der Waals surface area contributed by atoms with Gasteiger partial charge >= 0.3 is 0 Å². The van der Waals surface area contributed by atoms with Crippen LogP contribution in [-0.4, -0.2) is 52.8 Å². The molecule has 0 radical (unpaired) electrons. The van der Waals surface area contributed by atoms with Gasteiger partial charge in [-0.25, -0.2) is 23.7 Å². The third-order valence-corrected chi connectivity index (χ3v) is 5.86. The van der Waals surface area contributed by atoms with Crippen LogP contribution in [-0.2, 0) is 10.3 Å². The van der Waals surface area contributed by atoms with Crippen molar-refractivity contribution in [2.24, 2.45) is 10.7 Å². The van der Waals surface area contributed by atoms with E-state index in [1.807, 2.05) is 0 Å². The van der Waals surface area contributed by atoms with Crippen LogP contribution < -0.4 is 15.8 Å². The predicted octanol–water partition coefficient (Wildman–Crippen LogP) is 2.29. The molecule has 1 aromatic carbocycles. The summed E-state index contributed by atoms with van der Waals surface area (Å²) >= 11 is 1.06. The number of nitrogens with two attached hydrogens (primary N) is 1. The molecule has 2 aromatic rings. The Labute approximate surface area is 181 Å². The minimum absolute atomic E-state index is 0. The Hall–Kier alpha value is -2.50. The molecule has 1 amide bonds. The number of hydrogen-bond donors (Lipinski definition) is 2. The Kier molecular flexibility index (Phi) is 6.16. The van der Waals surface area contributed by atoms with E-state index in [1.54, 1.807) is 0 Å². The van der Waals surface area contributed by atoms with Gasteiger partial charge < -0.3 is 20.5 Å². The summed E-state index contributed by atoms with van der Waals surface area (Å²) in [7, 11) is 1.45.